The molecule has 3 aromatic carbocycles. The van der Waals surface area contributed by atoms with E-state index in [9.17, 15) is 24.3 Å². The number of phenolic OH excluding ortho intramolecular Hbond substituents is 1. The van der Waals surface area contributed by atoms with Crippen molar-refractivity contribution >= 4 is 40.3 Å². The van der Waals surface area contributed by atoms with Crippen LogP contribution in [0, 0.1) is 6.92 Å². The van der Waals surface area contributed by atoms with Crippen molar-refractivity contribution in [1.29, 1.82) is 0 Å². The zero-order valence-electron chi connectivity index (χ0n) is 24.9. The number of ether oxygens (including phenoxy) is 1. The zero-order chi connectivity index (χ0) is 31.2. The normalized spacial score (nSPS) is 13.5. The zero-order valence-corrected chi connectivity index (χ0v) is 24.9. The quantitative estimate of drug-likeness (QED) is 0.269. The van der Waals surface area contributed by atoms with Crippen LogP contribution in [0.4, 0.5) is 10.5 Å². The van der Waals surface area contributed by atoms with Crippen molar-refractivity contribution in [1.82, 2.24) is 10.2 Å². The highest BCUT2D eigenvalue weighted by atomic mass is 16.6. The van der Waals surface area contributed by atoms with Crippen molar-refractivity contribution in [2.24, 2.45) is 5.73 Å². The standard InChI is InChI=1S/C32H40N4O6/c1-7-20(3)36(30(40)25(18-26(33)37)35-31(41)42-32(4,5)6)27(24-14-10-11-19(2)28(24)38)29(39)34-23-16-15-21-12-8-9-13-22(21)17-23/h8-17,20,25,27,38H,7,18H2,1-6H3,(H2,33,37)(H,34,39)(H,35,41). The van der Waals surface area contributed by atoms with Gasteiger partial charge in [0.2, 0.25) is 11.8 Å². The van der Waals surface area contributed by atoms with Gasteiger partial charge in [-0.3, -0.25) is 14.4 Å². The fourth-order valence-corrected chi connectivity index (χ4v) is 4.62. The van der Waals surface area contributed by atoms with Gasteiger partial charge in [0.1, 0.15) is 23.4 Å². The average Bonchev–Trinajstić information content (AvgIpc) is 2.91. The number of aryl methyl sites for hydroxylation is 1. The summed E-state index contributed by atoms with van der Waals surface area (Å²) in [6.07, 6.45) is -1.01. The Hall–Kier alpha value is -4.60. The Kier molecular flexibility index (Phi) is 10.2. The van der Waals surface area contributed by atoms with Crippen LogP contribution in [0.25, 0.3) is 10.8 Å². The summed E-state index contributed by atoms with van der Waals surface area (Å²) in [7, 11) is 0. The number of primary amides is 1. The summed E-state index contributed by atoms with van der Waals surface area (Å²) in [4.78, 5) is 54.3. The van der Waals surface area contributed by atoms with Crippen LogP contribution in [-0.2, 0) is 19.1 Å². The molecular weight excluding hydrogens is 536 g/mol. The van der Waals surface area contributed by atoms with E-state index in [1.54, 1.807) is 58.9 Å². The van der Waals surface area contributed by atoms with Crippen molar-refractivity contribution in [3.8, 4) is 5.75 Å². The maximum absolute atomic E-state index is 14.2. The van der Waals surface area contributed by atoms with Crippen LogP contribution >= 0.6 is 0 Å². The molecule has 0 heterocycles. The third-order valence-corrected chi connectivity index (χ3v) is 6.82. The molecule has 0 spiro atoms. The molecule has 0 aromatic heterocycles. The highest BCUT2D eigenvalue weighted by Crippen LogP contribution is 2.35. The van der Waals surface area contributed by atoms with Gasteiger partial charge in [-0.05, 0) is 69.5 Å². The van der Waals surface area contributed by atoms with Crippen LogP contribution in [0.5, 0.6) is 5.75 Å². The minimum absolute atomic E-state index is 0.149. The number of anilines is 1. The molecule has 0 fully saturated rings. The number of hydrogen-bond acceptors (Lipinski definition) is 6. The van der Waals surface area contributed by atoms with Gasteiger partial charge in [0, 0.05) is 17.3 Å². The fraction of sp³-hybridized carbons (Fsp3) is 0.375. The molecule has 224 valence electrons. The summed E-state index contributed by atoms with van der Waals surface area (Å²) in [5.74, 6) is -2.30. The lowest BCUT2D eigenvalue weighted by Gasteiger charge is -2.38. The maximum Gasteiger partial charge on any atom is 0.408 e. The topological polar surface area (TPSA) is 151 Å². The van der Waals surface area contributed by atoms with E-state index < -0.39 is 54.0 Å². The second-order valence-corrected chi connectivity index (χ2v) is 11.3. The number of amides is 4. The number of para-hydroxylation sites is 1. The molecule has 0 aliphatic rings. The summed E-state index contributed by atoms with van der Waals surface area (Å²) >= 11 is 0. The molecule has 42 heavy (non-hydrogen) atoms. The number of benzene rings is 3. The highest BCUT2D eigenvalue weighted by Gasteiger charge is 2.40. The summed E-state index contributed by atoms with van der Waals surface area (Å²) in [6, 6.07) is 14.8. The van der Waals surface area contributed by atoms with Gasteiger partial charge in [0.25, 0.3) is 5.91 Å². The molecule has 0 radical (unpaired) electrons. The molecule has 4 amide bonds. The summed E-state index contributed by atoms with van der Waals surface area (Å²) in [6.45, 7) is 10.3. The number of carbonyl (C=O) groups is 4. The first-order valence-corrected chi connectivity index (χ1v) is 13.9. The number of alkyl carbamates (subject to hydrolysis) is 1. The van der Waals surface area contributed by atoms with E-state index in [-0.39, 0.29) is 11.3 Å². The predicted molar refractivity (Wildman–Crippen MR) is 162 cm³/mol. The Morgan fingerprint density at radius 3 is 2.29 bits per heavy atom. The van der Waals surface area contributed by atoms with Gasteiger partial charge in [-0.1, -0.05) is 55.5 Å². The lowest BCUT2D eigenvalue weighted by Crippen LogP contribution is -2.55. The Labute approximate surface area is 246 Å². The van der Waals surface area contributed by atoms with E-state index in [0.29, 0.717) is 17.7 Å². The lowest BCUT2D eigenvalue weighted by molar-refractivity contribution is -0.144. The number of nitrogens with one attached hydrogen (secondary N) is 2. The molecule has 3 rings (SSSR count). The van der Waals surface area contributed by atoms with Crippen molar-refractivity contribution in [2.75, 3.05) is 5.32 Å². The molecule has 3 aromatic rings. The molecule has 0 bridgehead atoms. The first kappa shape index (κ1) is 31.9. The Morgan fingerprint density at radius 2 is 1.67 bits per heavy atom. The van der Waals surface area contributed by atoms with Crippen molar-refractivity contribution in [3.63, 3.8) is 0 Å². The largest absolute Gasteiger partial charge is 0.507 e. The van der Waals surface area contributed by atoms with Gasteiger partial charge >= 0.3 is 6.09 Å². The molecule has 0 aliphatic carbocycles. The summed E-state index contributed by atoms with van der Waals surface area (Å²) < 4.78 is 5.32. The Balaban J connectivity index is 2.10. The smallest absolute Gasteiger partial charge is 0.408 e. The second kappa shape index (κ2) is 13.4. The van der Waals surface area contributed by atoms with Crippen LogP contribution < -0.4 is 16.4 Å². The predicted octanol–water partition coefficient (Wildman–Crippen LogP) is 4.93. The van der Waals surface area contributed by atoms with Crippen LogP contribution in [0.3, 0.4) is 0 Å². The van der Waals surface area contributed by atoms with E-state index in [1.807, 2.05) is 43.3 Å². The SMILES string of the molecule is CCC(C)N(C(=O)C(CC(N)=O)NC(=O)OC(C)(C)C)C(C(=O)Nc1ccc2ccccc2c1)c1cccc(C)c1O. The van der Waals surface area contributed by atoms with E-state index in [4.69, 9.17) is 10.5 Å². The molecule has 3 atom stereocenters. The van der Waals surface area contributed by atoms with Gasteiger partial charge in [-0.2, -0.15) is 0 Å². The van der Waals surface area contributed by atoms with E-state index >= 15 is 0 Å². The number of aromatic hydroxyl groups is 1. The second-order valence-electron chi connectivity index (χ2n) is 11.3. The van der Waals surface area contributed by atoms with Gasteiger partial charge in [0.15, 0.2) is 0 Å². The van der Waals surface area contributed by atoms with Gasteiger partial charge in [0.05, 0.1) is 6.42 Å². The number of rotatable bonds is 10. The molecule has 5 N–H and O–H groups in total. The Morgan fingerprint density at radius 1 is 1.00 bits per heavy atom. The van der Waals surface area contributed by atoms with E-state index in [1.165, 1.54) is 4.90 Å². The van der Waals surface area contributed by atoms with Crippen LogP contribution in [0.1, 0.15) is 64.6 Å². The van der Waals surface area contributed by atoms with Crippen LogP contribution in [-0.4, -0.2) is 51.5 Å². The first-order valence-electron chi connectivity index (χ1n) is 13.9. The van der Waals surface area contributed by atoms with Crippen molar-refractivity contribution in [3.05, 3.63) is 71.8 Å². The van der Waals surface area contributed by atoms with Gasteiger partial charge in [-0.15, -0.1) is 0 Å². The summed E-state index contributed by atoms with van der Waals surface area (Å²) in [5.41, 5.74) is 5.79. The highest BCUT2D eigenvalue weighted by molar-refractivity contribution is 6.01. The van der Waals surface area contributed by atoms with Crippen molar-refractivity contribution in [2.45, 2.75) is 78.1 Å². The van der Waals surface area contributed by atoms with Crippen LogP contribution in [0.2, 0.25) is 0 Å². The minimum Gasteiger partial charge on any atom is -0.507 e. The molecule has 10 nitrogen and oxygen atoms in total. The minimum atomic E-state index is -1.42. The average molecular weight is 577 g/mol. The monoisotopic (exact) mass is 576 g/mol. The summed E-state index contributed by atoms with van der Waals surface area (Å²) in [5, 5.41) is 18.3. The fourth-order valence-electron chi connectivity index (χ4n) is 4.62. The van der Waals surface area contributed by atoms with Gasteiger partial charge < -0.3 is 31.1 Å². The van der Waals surface area contributed by atoms with Gasteiger partial charge in [-0.25, -0.2) is 4.79 Å². The Bertz CT molecular complexity index is 1460. The molecule has 10 heteroatoms. The molecule has 0 saturated heterocycles. The van der Waals surface area contributed by atoms with E-state index in [0.717, 1.165) is 10.8 Å². The number of carbonyl (C=O) groups excluding carboxylic acids is 4. The third-order valence-electron chi connectivity index (χ3n) is 6.82. The number of phenols is 1. The third kappa shape index (κ3) is 7.99. The van der Waals surface area contributed by atoms with Crippen molar-refractivity contribution < 1.29 is 29.0 Å². The number of hydrogen-bond donors (Lipinski definition) is 4. The molecular formula is C32H40N4O6. The lowest BCUT2D eigenvalue weighted by atomic mass is 9.96. The molecule has 3 unspecified atom stereocenters. The molecule has 0 aliphatic heterocycles. The maximum atomic E-state index is 14.2. The van der Waals surface area contributed by atoms with E-state index in [2.05, 4.69) is 10.6 Å². The number of nitrogens with zero attached hydrogens (tertiary/aromatic N) is 1. The first-order chi connectivity index (χ1) is 19.7. The number of nitrogens with two attached hydrogens (primary N) is 1. The number of fused-ring (bicyclic) bond motifs is 1. The van der Waals surface area contributed by atoms with Crippen LogP contribution in [0.15, 0.2) is 60.7 Å². The molecule has 0 saturated carbocycles.